The van der Waals surface area contributed by atoms with E-state index in [2.05, 4.69) is 19.2 Å². The largest absolute Gasteiger partial charge is 0.312 e. The van der Waals surface area contributed by atoms with Crippen molar-refractivity contribution in [2.24, 2.45) is 5.92 Å². The normalized spacial score (nSPS) is 12.0. The number of hydrogen-bond donors (Lipinski definition) is 1. The standard InChI is InChI=1S/C16H21F2NS/c1-9(2)7-19-8-13-14(10(3)4)15-11(17)5-6-12(18)16(15)20-13/h5-6,9-10,19H,7-8H2,1-4H3. The lowest BCUT2D eigenvalue weighted by atomic mass is 9.99. The Morgan fingerprint density at radius 3 is 2.35 bits per heavy atom. The number of thiophene rings is 1. The van der Waals surface area contributed by atoms with Crippen molar-refractivity contribution in [3.63, 3.8) is 0 Å². The van der Waals surface area contributed by atoms with Gasteiger partial charge in [0.2, 0.25) is 0 Å². The number of benzene rings is 1. The van der Waals surface area contributed by atoms with Crippen LogP contribution in [-0.4, -0.2) is 6.54 Å². The summed E-state index contributed by atoms with van der Waals surface area (Å²) in [4.78, 5) is 1.04. The SMILES string of the molecule is CC(C)CNCc1sc2c(F)ccc(F)c2c1C(C)C. The van der Waals surface area contributed by atoms with Crippen molar-refractivity contribution in [3.8, 4) is 0 Å². The molecule has 0 amide bonds. The molecule has 0 bridgehead atoms. The number of rotatable bonds is 5. The van der Waals surface area contributed by atoms with Crippen molar-refractivity contribution in [3.05, 3.63) is 34.2 Å². The molecule has 0 aliphatic rings. The molecule has 1 heterocycles. The van der Waals surface area contributed by atoms with Gasteiger partial charge in [0.15, 0.2) is 0 Å². The first-order valence-corrected chi connectivity index (χ1v) is 7.83. The van der Waals surface area contributed by atoms with E-state index < -0.39 is 0 Å². The van der Waals surface area contributed by atoms with Crippen LogP contribution in [0.1, 0.15) is 44.1 Å². The Balaban J connectivity index is 2.46. The molecule has 4 heteroatoms. The van der Waals surface area contributed by atoms with E-state index in [-0.39, 0.29) is 17.6 Å². The van der Waals surface area contributed by atoms with E-state index in [0.717, 1.165) is 17.0 Å². The van der Waals surface area contributed by atoms with E-state index in [1.54, 1.807) is 0 Å². The molecule has 0 saturated heterocycles. The Morgan fingerprint density at radius 1 is 1.10 bits per heavy atom. The lowest BCUT2D eigenvalue weighted by Crippen LogP contribution is -2.19. The van der Waals surface area contributed by atoms with E-state index in [0.29, 0.717) is 22.5 Å². The summed E-state index contributed by atoms with van der Waals surface area (Å²) in [6, 6.07) is 2.44. The van der Waals surface area contributed by atoms with Crippen LogP contribution in [0.15, 0.2) is 12.1 Å². The first kappa shape index (κ1) is 15.4. The molecule has 1 N–H and O–H groups in total. The molecule has 2 rings (SSSR count). The number of fused-ring (bicyclic) bond motifs is 1. The second-order valence-electron chi connectivity index (χ2n) is 5.85. The van der Waals surface area contributed by atoms with Gasteiger partial charge in [-0.3, -0.25) is 0 Å². The fourth-order valence-corrected chi connectivity index (χ4v) is 3.76. The van der Waals surface area contributed by atoms with Gasteiger partial charge in [0.25, 0.3) is 0 Å². The quantitative estimate of drug-likeness (QED) is 0.814. The second-order valence-corrected chi connectivity index (χ2v) is 6.96. The molecular weight excluding hydrogens is 276 g/mol. The zero-order valence-corrected chi connectivity index (χ0v) is 13.2. The summed E-state index contributed by atoms with van der Waals surface area (Å²) in [6.45, 7) is 9.90. The van der Waals surface area contributed by atoms with Crippen molar-refractivity contribution in [1.82, 2.24) is 5.32 Å². The van der Waals surface area contributed by atoms with Crippen LogP contribution >= 0.6 is 11.3 Å². The maximum atomic E-state index is 14.1. The number of nitrogens with one attached hydrogen (secondary N) is 1. The first-order chi connectivity index (χ1) is 9.41. The highest BCUT2D eigenvalue weighted by atomic mass is 32.1. The summed E-state index contributed by atoms with van der Waals surface area (Å²) in [7, 11) is 0. The van der Waals surface area contributed by atoms with Crippen molar-refractivity contribution in [2.45, 2.75) is 40.2 Å². The third-order valence-electron chi connectivity index (χ3n) is 3.27. The monoisotopic (exact) mass is 297 g/mol. The van der Waals surface area contributed by atoms with Crippen LogP contribution < -0.4 is 5.32 Å². The molecule has 1 nitrogen and oxygen atoms in total. The van der Waals surface area contributed by atoms with Crippen LogP contribution in [-0.2, 0) is 6.54 Å². The van der Waals surface area contributed by atoms with Gasteiger partial charge in [0.05, 0.1) is 4.70 Å². The van der Waals surface area contributed by atoms with E-state index in [1.807, 2.05) is 13.8 Å². The van der Waals surface area contributed by atoms with Crippen LogP contribution in [0.4, 0.5) is 8.78 Å². The molecule has 1 aromatic carbocycles. The third-order valence-corrected chi connectivity index (χ3v) is 4.48. The summed E-state index contributed by atoms with van der Waals surface area (Å²) in [5.41, 5.74) is 0.943. The molecule has 0 aliphatic carbocycles. The molecule has 0 aliphatic heterocycles. The fraction of sp³-hybridized carbons (Fsp3) is 0.500. The van der Waals surface area contributed by atoms with Crippen molar-refractivity contribution in [1.29, 1.82) is 0 Å². The molecule has 20 heavy (non-hydrogen) atoms. The van der Waals surface area contributed by atoms with Gasteiger partial charge in [-0.15, -0.1) is 11.3 Å². The van der Waals surface area contributed by atoms with Gasteiger partial charge in [-0.25, -0.2) is 8.78 Å². The predicted octanol–water partition coefficient (Wildman–Crippen LogP) is 5.05. The molecule has 110 valence electrons. The maximum absolute atomic E-state index is 14.1. The van der Waals surface area contributed by atoms with Crippen LogP contribution in [0.3, 0.4) is 0 Å². The Kier molecular flexibility index (Phi) is 4.76. The van der Waals surface area contributed by atoms with Gasteiger partial charge in [0, 0.05) is 16.8 Å². The zero-order chi connectivity index (χ0) is 14.9. The topological polar surface area (TPSA) is 12.0 Å². The van der Waals surface area contributed by atoms with Crippen molar-refractivity contribution >= 4 is 21.4 Å². The molecule has 0 unspecified atom stereocenters. The smallest absolute Gasteiger partial charge is 0.141 e. The average Bonchev–Trinajstić information content (AvgIpc) is 2.74. The summed E-state index contributed by atoms with van der Waals surface area (Å²) >= 11 is 1.37. The Labute approximate surface area is 123 Å². The van der Waals surface area contributed by atoms with Crippen molar-refractivity contribution in [2.75, 3.05) is 6.54 Å². The molecule has 0 fully saturated rings. The second kappa shape index (κ2) is 6.19. The highest BCUT2D eigenvalue weighted by molar-refractivity contribution is 7.19. The van der Waals surface area contributed by atoms with Gasteiger partial charge in [-0.2, -0.15) is 0 Å². The highest BCUT2D eigenvalue weighted by Gasteiger charge is 2.20. The van der Waals surface area contributed by atoms with Gasteiger partial charge < -0.3 is 5.32 Å². The summed E-state index contributed by atoms with van der Waals surface area (Å²) in [6.07, 6.45) is 0. The molecule has 0 saturated carbocycles. The molecule has 1 aromatic heterocycles. The third kappa shape index (κ3) is 3.01. The van der Waals surface area contributed by atoms with E-state index in [4.69, 9.17) is 0 Å². The summed E-state index contributed by atoms with van der Waals surface area (Å²) in [5, 5.41) is 3.83. The first-order valence-electron chi connectivity index (χ1n) is 7.01. The minimum Gasteiger partial charge on any atom is -0.312 e. The predicted molar refractivity (Wildman–Crippen MR) is 82.4 cm³/mol. The molecular formula is C16H21F2NS. The highest BCUT2D eigenvalue weighted by Crippen LogP contribution is 2.38. The van der Waals surface area contributed by atoms with Crippen molar-refractivity contribution < 1.29 is 8.78 Å². The summed E-state index contributed by atoms with van der Waals surface area (Å²) < 4.78 is 28.4. The lowest BCUT2D eigenvalue weighted by Gasteiger charge is -2.11. The van der Waals surface area contributed by atoms with E-state index >= 15 is 0 Å². The van der Waals surface area contributed by atoms with Gasteiger partial charge >= 0.3 is 0 Å². The average molecular weight is 297 g/mol. The van der Waals surface area contributed by atoms with Crippen LogP contribution in [0.5, 0.6) is 0 Å². The van der Waals surface area contributed by atoms with Gasteiger partial charge in [0.1, 0.15) is 11.6 Å². The molecule has 0 spiro atoms. The van der Waals surface area contributed by atoms with Crippen LogP contribution in [0, 0.1) is 17.6 Å². The Morgan fingerprint density at radius 2 is 1.75 bits per heavy atom. The van der Waals surface area contributed by atoms with Crippen LogP contribution in [0.2, 0.25) is 0 Å². The minimum absolute atomic E-state index is 0.177. The summed E-state index contributed by atoms with van der Waals surface area (Å²) in [5.74, 6) is 0.0797. The molecule has 0 radical (unpaired) electrons. The molecule has 0 atom stereocenters. The molecule has 2 aromatic rings. The fourth-order valence-electron chi connectivity index (χ4n) is 2.42. The van der Waals surface area contributed by atoms with Gasteiger partial charge in [-0.1, -0.05) is 27.7 Å². The zero-order valence-electron chi connectivity index (χ0n) is 12.4. The van der Waals surface area contributed by atoms with E-state index in [9.17, 15) is 8.78 Å². The lowest BCUT2D eigenvalue weighted by molar-refractivity contribution is 0.553. The Hall–Kier alpha value is -1.00. The van der Waals surface area contributed by atoms with E-state index in [1.165, 1.54) is 23.5 Å². The Bertz CT molecular complexity index is 602. The van der Waals surface area contributed by atoms with Crippen LogP contribution in [0.25, 0.3) is 10.1 Å². The minimum atomic E-state index is -0.330. The number of halogens is 2. The van der Waals surface area contributed by atoms with Gasteiger partial charge in [-0.05, 0) is 36.1 Å². The number of hydrogen-bond acceptors (Lipinski definition) is 2. The maximum Gasteiger partial charge on any atom is 0.141 e.